The average molecular weight is 507 g/mol. The van der Waals surface area contributed by atoms with Gasteiger partial charge in [0.25, 0.3) is 5.91 Å². The van der Waals surface area contributed by atoms with Crippen LogP contribution in [0.15, 0.2) is 36.4 Å². The summed E-state index contributed by atoms with van der Waals surface area (Å²) in [6.07, 6.45) is -5.76. The minimum atomic E-state index is -3.46. The average Bonchev–Trinajstić information content (AvgIpc) is 3.12. The fourth-order valence-electron chi connectivity index (χ4n) is 4.05. The molecular weight excluding hydrogens is 463 g/mol. The highest BCUT2D eigenvalue weighted by Crippen LogP contribution is 2.32. The molecule has 36 heavy (non-hydrogen) atoms. The van der Waals surface area contributed by atoms with Crippen LogP contribution in [0.3, 0.4) is 0 Å². The Labute approximate surface area is 226 Å². The predicted molar refractivity (Wildman–Crippen MR) is 131 cm³/mol. The molecule has 5 rings (SSSR count). The summed E-state index contributed by atoms with van der Waals surface area (Å²) < 4.78 is 124. The van der Waals surface area contributed by atoms with Crippen LogP contribution in [0.1, 0.15) is 70.2 Å². The summed E-state index contributed by atoms with van der Waals surface area (Å²) in [5.41, 5.74) is -2.85. The van der Waals surface area contributed by atoms with Crippen LogP contribution in [0.4, 0.5) is 10.1 Å². The molecule has 2 aromatic rings. The van der Waals surface area contributed by atoms with Crippen LogP contribution in [-0.2, 0) is 33.8 Å². The monoisotopic (exact) mass is 506 g/mol. The van der Waals surface area contributed by atoms with Crippen molar-refractivity contribution in [1.29, 1.82) is 0 Å². The van der Waals surface area contributed by atoms with Crippen molar-refractivity contribution < 1.29 is 40.0 Å². The molecule has 2 fully saturated rings. The lowest BCUT2D eigenvalue weighted by molar-refractivity contribution is -0.136. The van der Waals surface area contributed by atoms with Crippen molar-refractivity contribution in [3.63, 3.8) is 0 Å². The molecule has 3 unspecified atom stereocenters. The van der Waals surface area contributed by atoms with Gasteiger partial charge in [0, 0.05) is 75.1 Å². The largest absolute Gasteiger partial charge is 0.381 e. The van der Waals surface area contributed by atoms with Gasteiger partial charge in [-0.1, -0.05) is 24.3 Å². The Balaban J connectivity index is 1.56. The van der Waals surface area contributed by atoms with Crippen molar-refractivity contribution in [2.45, 2.75) is 64.4 Å². The molecule has 8 nitrogen and oxygen atoms in total. The maximum Gasteiger partial charge on any atom is 0.255 e. The van der Waals surface area contributed by atoms with Gasteiger partial charge in [-0.25, -0.2) is 4.39 Å². The predicted octanol–water partition coefficient (Wildman–Crippen LogP) is 2.81. The highest BCUT2D eigenvalue weighted by atomic mass is 19.1. The van der Waals surface area contributed by atoms with E-state index in [4.69, 9.17) is 21.2 Å². The molecule has 0 bridgehead atoms. The van der Waals surface area contributed by atoms with Gasteiger partial charge in [0.15, 0.2) is 0 Å². The first-order valence-electron chi connectivity index (χ1n) is 17.1. The molecule has 3 atom stereocenters. The third-order valence-electron chi connectivity index (χ3n) is 5.68. The second kappa shape index (κ2) is 9.99. The first-order valence-corrected chi connectivity index (χ1v) is 11.1. The third kappa shape index (κ3) is 4.85. The second-order valence-corrected chi connectivity index (χ2v) is 8.28. The molecular formula is C27H31FN4O4. The molecule has 3 aliphatic heterocycles. The number of benzene rings is 2. The first-order chi connectivity index (χ1) is 21.7. The fraction of sp³-hybridized carbons (Fsp3) is 0.444. The minimum absolute atomic E-state index is 0.116. The Kier molecular flexibility index (Phi) is 3.84. The van der Waals surface area contributed by atoms with E-state index in [1.54, 1.807) is 0 Å². The smallest absolute Gasteiger partial charge is 0.255 e. The van der Waals surface area contributed by atoms with E-state index in [1.807, 2.05) is 0 Å². The summed E-state index contributed by atoms with van der Waals surface area (Å²) in [5.74, 6) is -3.98. The van der Waals surface area contributed by atoms with Crippen LogP contribution in [0.2, 0.25) is 0 Å². The van der Waals surface area contributed by atoms with Crippen LogP contribution in [-0.4, -0.2) is 58.7 Å². The van der Waals surface area contributed by atoms with Gasteiger partial charge in [0.1, 0.15) is 11.9 Å². The molecule has 3 heterocycles. The summed E-state index contributed by atoms with van der Waals surface area (Å²) in [6.45, 7) is -14.1. The van der Waals surface area contributed by atoms with E-state index in [-0.39, 0.29) is 34.6 Å². The summed E-state index contributed by atoms with van der Waals surface area (Å²) >= 11 is 0. The van der Waals surface area contributed by atoms with E-state index in [1.165, 1.54) is 18.2 Å². The van der Waals surface area contributed by atoms with Crippen molar-refractivity contribution in [2.24, 2.45) is 0 Å². The van der Waals surface area contributed by atoms with Crippen molar-refractivity contribution in [3.05, 3.63) is 64.5 Å². The molecule has 9 heteroatoms. The zero-order chi connectivity index (χ0) is 36.2. The number of rotatable bonds is 6. The molecule has 2 N–H and O–H groups in total. The molecule has 0 aromatic heterocycles. The van der Waals surface area contributed by atoms with Crippen LogP contribution >= 0.6 is 0 Å². The number of carbonyl (C=O) groups excluding carboxylic acids is 3. The molecule has 3 amide bonds. The normalized spacial score (nSPS) is 38.6. The number of hydrogen-bond donors (Lipinski definition) is 2. The van der Waals surface area contributed by atoms with E-state index in [0.29, 0.717) is 4.90 Å². The molecule has 2 aromatic carbocycles. The number of hydrogen-bond acceptors (Lipinski definition) is 6. The first kappa shape index (κ1) is 13.9. The summed E-state index contributed by atoms with van der Waals surface area (Å²) in [7, 11) is 0. The number of fused-ring (bicyclic) bond motifs is 1. The lowest BCUT2D eigenvalue weighted by atomic mass is 10.0. The number of halogens is 1. The van der Waals surface area contributed by atoms with Crippen LogP contribution in [0.5, 0.6) is 0 Å². The van der Waals surface area contributed by atoms with E-state index in [0.717, 1.165) is 32.0 Å². The molecule has 0 spiro atoms. The summed E-state index contributed by atoms with van der Waals surface area (Å²) in [6, 6.07) is 5.17. The van der Waals surface area contributed by atoms with Crippen molar-refractivity contribution in [3.8, 4) is 0 Å². The number of carbonyl (C=O) groups is 3. The molecule has 0 aliphatic carbocycles. The molecule has 0 saturated carbocycles. The molecule has 3 aliphatic rings. The summed E-state index contributed by atoms with van der Waals surface area (Å²) in [4.78, 5) is 38.2. The van der Waals surface area contributed by atoms with E-state index in [2.05, 4.69) is 10.6 Å². The Bertz CT molecular complexity index is 1700. The van der Waals surface area contributed by atoms with E-state index >= 15 is 4.39 Å². The van der Waals surface area contributed by atoms with Gasteiger partial charge in [-0.15, -0.1) is 0 Å². The second-order valence-electron chi connectivity index (χ2n) is 8.28. The Morgan fingerprint density at radius 2 is 1.89 bits per heavy atom. The maximum absolute atomic E-state index is 16.4. The lowest BCUT2D eigenvalue weighted by Crippen LogP contribution is -2.52. The highest BCUT2D eigenvalue weighted by molar-refractivity contribution is 6.06. The Morgan fingerprint density at radius 1 is 1.17 bits per heavy atom. The zero-order valence-electron chi connectivity index (χ0n) is 31.4. The maximum atomic E-state index is 16.4. The number of amides is 3. The molecule has 190 valence electrons. The quantitative estimate of drug-likeness (QED) is 0.586. The van der Waals surface area contributed by atoms with Crippen LogP contribution in [0.25, 0.3) is 0 Å². The van der Waals surface area contributed by atoms with E-state index < -0.39 is 85.4 Å². The Morgan fingerprint density at radius 3 is 2.64 bits per heavy atom. The molecule has 0 radical (unpaired) electrons. The van der Waals surface area contributed by atoms with Gasteiger partial charge in [-0.05, 0) is 32.4 Å². The van der Waals surface area contributed by atoms with Gasteiger partial charge in [0.2, 0.25) is 11.8 Å². The van der Waals surface area contributed by atoms with Gasteiger partial charge in [-0.3, -0.25) is 24.6 Å². The topological polar surface area (TPSA) is 91.0 Å². The number of anilines is 1. The zero-order valence-corrected chi connectivity index (χ0v) is 19.4. The number of ether oxygens (including phenoxy) is 1. The standard InChI is InChI=1S/C27H31FN4O4/c1-16-12-31(13-17(2)36-16)14-19-6-3-5-18(25(19)28)11-29-22-8-4-7-20-21(22)15-32(27(20)35)23-9-10-24(33)30-26(23)34/h3-8,16-17,23,29H,9-15H2,1-2H3,(H,30,33,34)/i11D2,12D2,13D2,14D2,15D2,16D,17D. The van der Waals surface area contributed by atoms with Crippen LogP contribution in [0, 0.1) is 5.82 Å². The van der Waals surface area contributed by atoms with Gasteiger partial charge >= 0.3 is 0 Å². The van der Waals surface area contributed by atoms with Gasteiger partial charge in [0.05, 0.1) is 20.4 Å². The number of imide groups is 1. The van der Waals surface area contributed by atoms with E-state index in [9.17, 15) is 14.4 Å². The number of morpholine rings is 1. The third-order valence-corrected chi connectivity index (χ3v) is 5.68. The van der Waals surface area contributed by atoms with Crippen LogP contribution < -0.4 is 10.6 Å². The van der Waals surface area contributed by atoms with Crippen molar-refractivity contribution in [2.75, 3.05) is 18.3 Å². The number of nitrogens with one attached hydrogen (secondary N) is 2. The fourth-order valence-corrected chi connectivity index (χ4v) is 4.05. The minimum Gasteiger partial charge on any atom is -0.381 e. The number of nitrogens with zero attached hydrogens (tertiary/aromatic N) is 2. The molecule has 2 saturated heterocycles. The van der Waals surface area contributed by atoms with Gasteiger partial charge < -0.3 is 15.0 Å². The summed E-state index contributed by atoms with van der Waals surface area (Å²) in [5, 5.41) is 4.43. The van der Waals surface area contributed by atoms with Crippen molar-refractivity contribution >= 4 is 23.4 Å². The Hall–Kier alpha value is -3.30. The van der Waals surface area contributed by atoms with Gasteiger partial charge in [-0.2, -0.15) is 0 Å². The van der Waals surface area contributed by atoms with Crippen molar-refractivity contribution in [1.82, 2.24) is 15.1 Å². The SMILES string of the molecule is [2H]C([2H])(Nc1cccc2c1C([2H])([2H])N(C1CCC(=O)NC1=O)C2=O)c1cccc(C([2H])([2H])N2C([2H])([2H])C([2H])(C)OC([2H])(C)C2([2H])[2H])c1F. The highest BCUT2D eigenvalue weighted by Gasteiger charge is 2.39. The lowest BCUT2D eigenvalue weighted by Gasteiger charge is -2.35. The number of piperidine rings is 1.